The summed E-state index contributed by atoms with van der Waals surface area (Å²) in [6.07, 6.45) is 8.79. The van der Waals surface area contributed by atoms with Gasteiger partial charge in [0.05, 0.1) is 52.8 Å². The smallest absolute Gasteiger partial charge is 0.269 e. The van der Waals surface area contributed by atoms with Crippen molar-refractivity contribution in [3.63, 3.8) is 0 Å². The molecule has 310 valence electrons. The monoisotopic (exact) mass is 857 g/mol. The first-order valence-electron chi connectivity index (χ1n) is 26.1. The second-order valence-electron chi connectivity index (χ2n) is 15.5. The van der Waals surface area contributed by atoms with Crippen molar-refractivity contribution in [3.05, 3.63) is 231 Å². The Labute approximate surface area is 393 Å². The number of nitrogens with zero attached hydrogens (tertiary/aromatic N) is 7. The Morgan fingerprint density at radius 2 is 1.11 bits per heavy atom. The van der Waals surface area contributed by atoms with Gasteiger partial charge in [-0.3, -0.25) is 18.3 Å². The molecule has 0 saturated heterocycles. The fourth-order valence-electron chi connectivity index (χ4n) is 9.04. The topological polar surface area (TPSA) is 66.6 Å². The van der Waals surface area contributed by atoms with E-state index >= 15 is 0 Å². The summed E-state index contributed by atoms with van der Waals surface area (Å²) in [6, 6.07) is 40.3. The maximum atomic E-state index is 9.04. The maximum absolute atomic E-state index is 9.04. The van der Waals surface area contributed by atoms with Crippen molar-refractivity contribution in [3.8, 4) is 56.6 Å². The fourth-order valence-corrected chi connectivity index (χ4v) is 9.04. The van der Waals surface area contributed by atoms with E-state index in [4.69, 9.17) is 33.4 Å². The Balaban J connectivity index is 0.947. The van der Waals surface area contributed by atoms with E-state index < -0.39 is 60.4 Å². The number of aromatic nitrogens is 7. The van der Waals surface area contributed by atoms with Gasteiger partial charge in [-0.25, -0.2) is 15.0 Å². The molecule has 0 amide bonds. The van der Waals surface area contributed by atoms with Gasteiger partial charge in [0.2, 0.25) is 0 Å². The van der Waals surface area contributed by atoms with E-state index in [0.29, 0.717) is 34.0 Å². The first-order chi connectivity index (χ1) is 36.9. The van der Waals surface area contributed by atoms with Crippen molar-refractivity contribution in [2.24, 2.45) is 0 Å². The zero-order chi connectivity index (χ0) is 52.3. The van der Waals surface area contributed by atoms with Gasteiger partial charge < -0.3 is 4.74 Å². The summed E-state index contributed by atoms with van der Waals surface area (Å²) in [5.41, 5.74) is 6.21. The second kappa shape index (κ2) is 15.3. The van der Waals surface area contributed by atoms with Gasteiger partial charge in [-0.2, -0.15) is 0 Å². The van der Waals surface area contributed by atoms with Gasteiger partial charge >= 0.3 is 0 Å². The quantitative estimate of drug-likeness (QED) is 0.113. The summed E-state index contributed by atoms with van der Waals surface area (Å²) < 4.78 is 102. The molecule has 8 heteroatoms. The Morgan fingerprint density at radius 1 is 0.470 bits per heavy atom. The molecule has 13 rings (SSSR count). The van der Waals surface area contributed by atoms with Crippen LogP contribution in [0.1, 0.15) is 13.7 Å². The van der Waals surface area contributed by atoms with E-state index in [1.165, 1.54) is 0 Å². The van der Waals surface area contributed by atoms with E-state index in [9.17, 15) is 0 Å². The number of imidazole rings is 1. The van der Waals surface area contributed by atoms with Crippen LogP contribution < -0.4 is 9.30 Å². The molecule has 0 aliphatic carbocycles. The van der Waals surface area contributed by atoms with Crippen LogP contribution in [-0.2, 0) is 0 Å². The van der Waals surface area contributed by atoms with Crippen molar-refractivity contribution in [1.82, 2.24) is 28.7 Å². The van der Waals surface area contributed by atoms with Crippen LogP contribution in [0.2, 0.25) is 0 Å². The molecular weight excluding hydrogens is 811 g/mol. The largest absolute Gasteiger partial charge is 0.458 e. The Hall–Kier alpha value is -9.14. The average Bonchev–Trinajstić information content (AvgIpc) is 4.22. The van der Waals surface area contributed by atoms with Gasteiger partial charge in [0.25, 0.3) is 6.33 Å². The minimum atomic E-state index is -0.573. The van der Waals surface area contributed by atoms with Crippen molar-refractivity contribution in [2.45, 2.75) is 0 Å². The lowest BCUT2D eigenvalue weighted by molar-refractivity contribution is -0.571. The second-order valence-corrected chi connectivity index (χ2v) is 15.5. The maximum Gasteiger partial charge on any atom is 0.269 e. The summed E-state index contributed by atoms with van der Waals surface area (Å²) in [4.78, 5) is 14.5. The molecule has 0 fully saturated rings. The highest BCUT2D eigenvalue weighted by molar-refractivity contribution is 6.10. The lowest BCUT2D eigenvalue weighted by Gasteiger charge is -2.17. The van der Waals surface area contributed by atoms with Crippen LogP contribution in [-0.4, -0.2) is 28.7 Å². The number of rotatable bonds is 8. The SMILES string of the molecule is [2H]c1c([2H])c([2H])c(-c2cccc(-c3c([2H])c([2H])c([2H])c([2H])c3[2H])c2-[n+]2[c-]n(-c3cccc(Oc4ccc5c6ccccc6n(-c6cc(-n7c8ncccc8c8cccnc87)ccn6)c5c4)c3)c3ccccc32)c([2H])c1[2H]. The lowest BCUT2D eigenvalue weighted by Crippen LogP contribution is -2.31. The molecule has 0 radical (unpaired) electrons. The number of hydrogen-bond acceptors (Lipinski definition) is 4. The molecule has 0 N–H and O–H groups in total. The molecule has 0 saturated carbocycles. The molecule has 6 heterocycles. The number of para-hydroxylation sites is 4. The summed E-state index contributed by atoms with van der Waals surface area (Å²) in [7, 11) is 0. The third kappa shape index (κ3) is 6.07. The summed E-state index contributed by atoms with van der Waals surface area (Å²) in [6.45, 7) is 0. The summed E-state index contributed by atoms with van der Waals surface area (Å²) in [5.74, 6) is 1.71. The van der Waals surface area contributed by atoms with E-state index in [0.717, 1.165) is 49.6 Å². The van der Waals surface area contributed by atoms with Crippen LogP contribution in [0.25, 0.3) is 100 Å². The third-order valence-electron chi connectivity index (χ3n) is 11.8. The Morgan fingerprint density at radius 3 is 1.85 bits per heavy atom. The van der Waals surface area contributed by atoms with Crippen LogP contribution in [0.3, 0.4) is 0 Å². The predicted octanol–water partition coefficient (Wildman–Crippen LogP) is 13.2. The van der Waals surface area contributed by atoms with E-state index in [-0.39, 0.29) is 27.9 Å². The van der Waals surface area contributed by atoms with Gasteiger partial charge in [-0.15, -0.1) is 0 Å². The molecule has 8 nitrogen and oxygen atoms in total. The Bertz CT molecular complexity index is 4410. The molecule has 13 aromatic rings. The number of ether oxygens (including phenoxy) is 1. The molecule has 0 bridgehead atoms. The van der Waals surface area contributed by atoms with Gasteiger partial charge in [-0.1, -0.05) is 127 Å². The summed E-state index contributed by atoms with van der Waals surface area (Å²) >= 11 is 0. The molecular formula is C58H37N7O. The van der Waals surface area contributed by atoms with Crippen molar-refractivity contribution in [2.75, 3.05) is 0 Å². The van der Waals surface area contributed by atoms with Crippen LogP contribution in [0.5, 0.6) is 11.5 Å². The van der Waals surface area contributed by atoms with Gasteiger partial charge in [0, 0.05) is 52.3 Å². The van der Waals surface area contributed by atoms with Crippen LogP contribution in [0.15, 0.2) is 225 Å². The standard InChI is InChI=1S/C58H37N7O/c1-3-15-39(16-4-1)45-22-12-23-46(40-17-5-2-6-18-40)56(45)63-38-62(52-27-9-10-28-53(52)63)41-19-11-20-43(35-41)66-44-29-30-48-47-21-7-8-26-51(47)65(54(48)37-44)55-36-42(31-34-59-55)64-57-49(24-13-32-60-57)50-25-14-33-61-58(50)64/h1-37H/i1D,2D,3D,4D,5D,6D,15D,16D,17D,18D. The zero-order valence-corrected chi connectivity index (χ0v) is 34.6. The van der Waals surface area contributed by atoms with Crippen molar-refractivity contribution < 1.29 is 23.0 Å². The highest BCUT2D eigenvalue weighted by Gasteiger charge is 2.21. The first kappa shape index (κ1) is 28.5. The van der Waals surface area contributed by atoms with Gasteiger partial charge in [-0.05, 0) is 89.0 Å². The fraction of sp³-hybridized carbons (Fsp3) is 0. The molecule has 0 aliphatic heterocycles. The first-order valence-corrected chi connectivity index (χ1v) is 21.1. The van der Waals surface area contributed by atoms with Crippen LogP contribution in [0, 0.1) is 6.33 Å². The lowest BCUT2D eigenvalue weighted by atomic mass is 9.95. The highest BCUT2D eigenvalue weighted by atomic mass is 16.5. The van der Waals surface area contributed by atoms with E-state index in [2.05, 4.69) is 27.6 Å². The number of pyridine rings is 3. The molecule has 7 aromatic carbocycles. The molecule has 0 spiro atoms. The number of fused-ring (bicyclic) bond motifs is 7. The van der Waals surface area contributed by atoms with Gasteiger partial charge in [0.1, 0.15) is 28.6 Å². The van der Waals surface area contributed by atoms with E-state index in [1.807, 2.05) is 115 Å². The number of benzene rings is 7. The minimum absolute atomic E-state index is 0.138. The van der Waals surface area contributed by atoms with Gasteiger partial charge in [0.15, 0.2) is 0 Å². The predicted molar refractivity (Wildman–Crippen MR) is 263 cm³/mol. The molecule has 0 unspecified atom stereocenters. The molecule has 0 atom stereocenters. The van der Waals surface area contributed by atoms with Crippen molar-refractivity contribution in [1.29, 1.82) is 0 Å². The molecule has 6 aromatic heterocycles. The average molecular weight is 858 g/mol. The zero-order valence-electron chi connectivity index (χ0n) is 44.6. The number of hydrogen-bond donors (Lipinski definition) is 0. The highest BCUT2D eigenvalue weighted by Crippen LogP contribution is 2.38. The van der Waals surface area contributed by atoms with Crippen molar-refractivity contribution >= 4 is 54.9 Å². The van der Waals surface area contributed by atoms with E-state index in [1.54, 1.807) is 45.9 Å². The minimum Gasteiger partial charge on any atom is -0.458 e. The van der Waals surface area contributed by atoms with Crippen LogP contribution in [0.4, 0.5) is 0 Å². The summed E-state index contributed by atoms with van der Waals surface area (Å²) in [5, 5.41) is 4.01. The third-order valence-corrected chi connectivity index (χ3v) is 11.8. The normalized spacial score (nSPS) is 13.8. The molecule has 0 aliphatic rings. The Kier molecular flexibility index (Phi) is 6.61. The van der Waals surface area contributed by atoms with Crippen LogP contribution >= 0.6 is 0 Å². The molecule has 66 heavy (non-hydrogen) atoms.